The first-order chi connectivity index (χ1) is 9.41. The summed E-state index contributed by atoms with van der Waals surface area (Å²) in [5.41, 5.74) is 0. The van der Waals surface area contributed by atoms with Crippen LogP contribution in [0, 0.1) is 0 Å². The van der Waals surface area contributed by atoms with Crippen LogP contribution in [0.1, 0.15) is 84.0 Å². The van der Waals surface area contributed by atoms with Crippen LogP contribution >= 0.6 is 22.6 Å². The minimum Gasteiger partial charge on any atom is -0.0864 e. The van der Waals surface area contributed by atoms with Crippen LogP contribution in [0.5, 0.6) is 0 Å². The lowest BCUT2D eigenvalue weighted by molar-refractivity contribution is 0.579. The van der Waals surface area contributed by atoms with Crippen molar-refractivity contribution in [1.29, 1.82) is 0 Å². The van der Waals surface area contributed by atoms with Crippen LogP contribution in [0.15, 0.2) is 24.3 Å². The number of unbranched alkanes of at least 4 members (excludes halogenated alkanes) is 10. The average Bonchev–Trinajstić information content (AvgIpc) is 2.43. The first-order valence-corrected chi connectivity index (χ1v) is 9.82. The highest BCUT2D eigenvalue weighted by Gasteiger charge is 1.91. The van der Waals surface area contributed by atoms with Crippen LogP contribution in [-0.4, -0.2) is 4.43 Å². The third kappa shape index (κ3) is 18.2. The zero-order valence-electron chi connectivity index (χ0n) is 12.9. The van der Waals surface area contributed by atoms with Crippen molar-refractivity contribution >= 4 is 22.6 Å². The van der Waals surface area contributed by atoms with Gasteiger partial charge < -0.3 is 0 Å². The van der Waals surface area contributed by atoms with Crippen molar-refractivity contribution in [2.45, 2.75) is 84.0 Å². The van der Waals surface area contributed by atoms with Crippen LogP contribution in [-0.2, 0) is 0 Å². The molecule has 1 heteroatoms. The summed E-state index contributed by atoms with van der Waals surface area (Å²) in [5.74, 6) is 0. The maximum Gasteiger partial charge on any atom is -0.000473 e. The molecular weight excluding hydrogens is 343 g/mol. The second-order valence-electron chi connectivity index (χ2n) is 5.30. The molecular formula is C18H33I. The van der Waals surface area contributed by atoms with Gasteiger partial charge in [-0.1, -0.05) is 105 Å². The van der Waals surface area contributed by atoms with Crippen LogP contribution in [0.2, 0.25) is 0 Å². The molecule has 0 saturated carbocycles. The van der Waals surface area contributed by atoms with Crippen molar-refractivity contribution in [3.05, 3.63) is 24.3 Å². The van der Waals surface area contributed by atoms with Crippen molar-refractivity contribution in [2.24, 2.45) is 0 Å². The van der Waals surface area contributed by atoms with Crippen LogP contribution in [0.25, 0.3) is 0 Å². The van der Waals surface area contributed by atoms with Gasteiger partial charge in [-0.3, -0.25) is 0 Å². The van der Waals surface area contributed by atoms with E-state index in [-0.39, 0.29) is 0 Å². The lowest BCUT2D eigenvalue weighted by Crippen LogP contribution is -1.81. The molecule has 112 valence electrons. The molecule has 0 aromatic heterocycles. The molecule has 0 saturated heterocycles. The summed E-state index contributed by atoms with van der Waals surface area (Å²) in [6.45, 7) is 2.24. The maximum absolute atomic E-state index is 2.48. The van der Waals surface area contributed by atoms with Gasteiger partial charge in [-0.2, -0.15) is 0 Å². The summed E-state index contributed by atoms with van der Waals surface area (Å²) in [7, 11) is 0. The number of rotatable bonds is 14. The molecule has 0 radical (unpaired) electrons. The fraction of sp³-hybridized carbons (Fsp3) is 0.778. The molecule has 0 rings (SSSR count). The van der Waals surface area contributed by atoms with E-state index in [0.29, 0.717) is 0 Å². The Morgan fingerprint density at radius 3 is 1.63 bits per heavy atom. The van der Waals surface area contributed by atoms with Gasteiger partial charge in [0.1, 0.15) is 0 Å². The van der Waals surface area contributed by atoms with Crippen LogP contribution in [0.3, 0.4) is 0 Å². The monoisotopic (exact) mass is 376 g/mol. The molecule has 0 N–H and O–H groups in total. The van der Waals surface area contributed by atoms with Gasteiger partial charge in [0.25, 0.3) is 0 Å². The Kier molecular flexibility index (Phi) is 18.4. The Morgan fingerprint density at radius 1 is 0.632 bits per heavy atom. The van der Waals surface area contributed by atoms with E-state index < -0.39 is 0 Å². The third-order valence-electron chi connectivity index (χ3n) is 3.36. The smallest absolute Gasteiger partial charge is 0.000473 e. The largest absolute Gasteiger partial charge is 0.0864 e. The standard InChI is InChI=1S/C18H33I/c1-2-3-4-5-6-7-8-9-10-11-12-13-14-15-16-17-18-19/h5-8H,2-4,9-18H2,1H3/b6-5+,8-7-. The summed E-state index contributed by atoms with van der Waals surface area (Å²) in [6, 6.07) is 0. The van der Waals surface area contributed by atoms with Gasteiger partial charge in [0.05, 0.1) is 0 Å². The Labute approximate surface area is 135 Å². The molecule has 0 heterocycles. The SMILES string of the molecule is CCCC/C=C/C=C\CCCCCCCCCCI. The lowest BCUT2D eigenvalue weighted by atomic mass is 10.1. The summed E-state index contributed by atoms with van der Waals surface area (Å²) in [4.78, 5) is 0. The highest BCUT2D eigenvalue weighted by Crippen LogP contribution is 2.10. The Bertz CT molecular complexity index is 206. The number of allylic oxidation sites excluding steroid dienone is 4. The van der Waals surface area contributed by atoms with E-state index in [0.717, 1.165) is 0 Å². The topological polar surface area (TPSA) is 0 Å². The van der Waals surface area contributed by atoms with E-state index in [4.69, 9.17) is 0 Å². The molecule has 0 aliphatic rings. The first-order valence-electron chi connectivity index (χ1n) is 8.29. The van der Waals surface area contributed by atoms with Gasteiger partial charge in [-0.25, -0.2) is 0 Å². The molecule has 0 aromatic carbocycles. The van der Waals surface area contributed by atoms with Crippen molar-refractivity contribution in [2.75, 3.05) is 4.43 Å². The van der Waals surface area contributed by atoms with E-state index in [1.807, 2.05) is 0 Å². The zero-order chi connectivity index (χ0) is 14.0. The Hall–Kier alpha value is 0.210. The fourth-order valence-electron chi connectivity index (χ4n) is 2.09. The van der Waals surface area contributed by atoms with Crippen LogP contribution < -0.4 is 0 Å². The fourth-order valence-corrected chi connectivity index (χ4v) is 2.63. The minimum atomic E-state index is 1.23. The molecule has 0 atom stereocenters. The molecule has 0 nitrogen and oxygen atoms in total. The third-order valence-corrected chi connectivity index (χ3v) is 4.12. The summed E-state index contributed by atoms with van der Waals surface area (Å²) < 4.78 is 1.33. The van der Waals surface area contributed by atoms with E-state index in [1.165, 1.54) is 81.5 Å². The molecule has 0 unspecified atom stereocenters. The number of halogens is 1. The van der Waals surface area contributed by atoms with E-state index >= 15 is 0 Å². The Morgan fingerprint density at radius 2 is 1.11 bits per heavy atom. The second kappa shape index (κ2) is 18.2. The highest BCUT2D eigenvalue weighted by atomic mass is 127. The minimum absolute atomic E-state index is 1.23. The van der Waals surface area contributed by atoms with Gasteiger partial charge in [-0.05, 0) is 30.1 Å². The van der Waals surface area contributed by atoms with Crippen molar-refractivity contribution in [1.82, 2.24) is 0 Å². The normalized spacial score (nSPS) is 11.9. The molecule has 0 aromatic rings. The Balaban J connectivity index is 3.09. The van der Waals surface area contributed by atoms with Crippen molar-refractivity contribution < 1.29 is 0 Å². The summed E-state index contributed by atoms with van der Waals surface area (Å²) in [5, 5.41) is 0. The zero-order valence-corrected chi connectivity index (χ0v) is 15.0. The molecule has 0 spiro atoms. The van der Waals surface area contributed by atoms with E-state index in [1.54, 1.807) is 0 Å². The number of hydrogen-bond acceptors (Lipinski definition) is 0. The predicted molar refractivity (Wildman–Crippen MR) is 98.2 cm³/mol. The van der Waals surface area contributed by atoms with Gasteiger partial charge in [0.2, 0.25) is 0 Å². The first kappa shape index (κ1) is 19.2. The van der Waals surface area contributed by atoms with Crippen molar-refractivity contribution in [3.63, 3.8) is 0 Å². The van der Waals surface area contributed by atoms with E-state index in [2.05, 4.69) is 53.8 Å². The molecule has 0 bridgehead atoms. The maximum atomic E-state index is 2.48. The van der Waals surface area contributed by atoms with E-state index in [9.17, 15) is 0 Å². The number of alkyl halides is 1. The molecule has 0 fully saturated rings. The predicted octanol–water partition coefficient (Wildman–Crippen LogP) is 7.23. The van der Waals surface area contributed by atoms with Gasteiger partial charge in [0, 0.05) is 0 Å². The number of hydrogen-bond donors (Lipinski definition) is 0. The quantitative estimate of drug-likeness (QED) is 0.130. The molecule has 0 aliphatic heterocycles. The lowest BCUT2D eigenvalue weighted by Gasteiger charge is -2.00. The second-order valence-corrected chi connectivity index (χ2v) is 6.38. The highest BCUT2D eigenvalue weighted by molar-refractivity contribution is 14.1. The van der Waals surface area contributed by atoms with Crippen molar-refractivity contribution in [3.8, 4) is 0 Å². The molecule has 0 aliphatic carbocycles. The average molecular weight is 376 g/mol. The van der Waals surface area contributed by atoms with Gasteiger partial charge >= 0.3 is 0 Å². The van der Waals surface area contributed by atoms with Gasteiger partial charge in [-0.15, -0.1) is 0 Å². The van der Waals surface area contributed by atoms with Gasteiger partial charge in [0.15, 0.2) is 0 Å². The summed E-state index contributed by atoms with van der Waals surface area (Å²) >= 11 is 2.48. The van der Waals surface area contributed by atoms with Crippen LogP contribution in [0.4, 0.5) is 0 Å². The molecule has 19 heavy (non-hydrogen) atoms. The molecule has 0 amide bonds. The summed E-state index contributed by atoms with van der Waals surface area (Å²) in [6.07, 6.45) is 25.6.